The summed E-state index contributed by atoms with van der Waals surface area (Å²) in [6.07, 6.45) is 3.63. The number of nitrogens with one attached hydrogen (secondary N) is 1. The van der Waals surface area contributed by atoms with Crippen molar-refractivity contribution in [3.05, 3.63) is 66.0 Å². The van der Waals surface area contributed by atoms with Crippen molar-refractivity contribution in [3.8, 4) is 0 Å². The van der Waals surface area contributed by atoms with E-state index in [1.165, 1.54) is 5.56 Å². The van der Waals surface area contributed by atoms with E-state index >= 15 is 0 Å². The average Bonchev–Trinajstić information content (AvgIpc) is 3.33. The zero-order valence-corrected chi connectivity index (χ0v) is 14.1. The maximum absolute atomic E-state index is 11.5. The summed E-state index contributed by atoms with van der Waals surface area (Å²) >= 11 is 0. The molecule has 5 nitrogen and oxygen atoms in total. The van der Waals surface area contributed by atoms with Gasteiger partial charge in [0.1, 0.15) is 0 Å². The number of rotatable bonds is 5. The standard InChI is InChI=1S/C20H21N3O2/c1-13(9-14-5-3-2-4-6-14)23-12-21-18-10-15(7-8-19(18)23)16-11-17(16)20(24)22-25/h2-8,10,12-13,16-17,25H,9,11H2,1H3,(H,22,24). The van der Waals surface area contributed by atoms with Crippen molar-refractivity contribution in [3.63, 3.8) is 0 Å². The van der Waals surface area contributed by atoms with Crippen LogP contribution in [0, 0.1) is 5.92 Å². The van der Waals surface area contributed by atoms with Crippen LogP contribution in [-0.2, 0) is 11.2 Å². The maximum atomic E-state index is 11.5. The molecule has 3 unspecified atom stereocenters. The second-order valence-electron chi connectivity index (χ2n) is 6.86. The second kappa shape index (κ2) is 6.33. The minimum absolute atomic E-state index is 0.124. The highest BCUT2D eigenvalue weighted by molar-refractivity contribution is 5.83. The van der Waals surface area contributed by atoms with Crippen molar-refractivity contribution < 1.29 is 10.0 Å². The van der Waals surface area contributed by atoms with Crippen LogP contribution in [-0.4, -0.2) is 20.7 Å². The fourth-order valence-corrected chi connectivity index (χ4v) is 3.62. The number of hydroxylamine groups is 1. The Hall–Kier alpha value is -2.66. The Morgan fingerprint density at radius 3 is 2.88 bits per heavy atom. The molecule has 1 fully saturated rings. The van der Waals surface area contributed by atoms with E-state index in [-0.39, 0.29) is 17.7 Å². The monoisotopic (exact) mass is 335 g/mol. The van der Waals surface area contributed by atoms with Crippen LogP contribution in [0.15, 0.2) is 54.9 Å². The molecule has 0 saturated heterocycles. The normalized spacial score (nSPS) is 20.4. The van der Waals surface area contributed by atoms with Gasteiger partial charge in [0.25, 0.3) is 0 Å². The molecular weight excluding hydrogens is 314 g/mol. The Kier molecular flexibility index (Phi) is 4.01. The van der Waals surface area contributed by atoms with Gasteiger partial charge in [-0.3, -0.25) is 10.0 Å². The lowest BCUT2D eigenvalue weighted by molar-refractivity contribution is -0.130. The van der Waals surface area contributed by atoms with Gasteiger partial charge in [-0.05, 0) is 48.9 Å². The van der Waals surface area contributed by atoms with Crippen molar-refractivity contribution in [1.29, 1.82) is 0 Å². The molecule has 3 aromatic rings. The zero-order chi connectivity index (χ0) is 17.4. The lowest BCUT2D eigenvalue weighted by Crippen LogP contribution is -2.20. The van der Waals surface area contributed by atoms with Gasteiger partial charge >= 0.3 is 0 Å². The van der Waals surface area contributed by atoms with E-state index in [0.29, 0.717) is 6.04 Å². The molecule has 0 radical (unpaired) electrons. The van der Waals surface area contributed by atoms with Gasteiger partial charge in [0.05, 0.1) is 17.4 Å². The first-order valence-electron chi connectivity index (χ1n) is 8.61. The summed E-state index contributed by atoms with van der Waals surface area (Å²) in [6, 6.07) is 17.0. The van der Waals surface area contributed by atoms with Gasteiger partial charge in [0.15, 0.2) is 0 Å². The molecule has 1 saturated carbocycles. The van der Waals surface area contributed by atoms with Crippen LogP contribution in [0.5, 0.6) is 0 Å². The Morgan fingerprint density at radius 1 is 1.32 bits per heavy atom. The number of hydrogen-bond donors (Lipinski definition) is 2. The Bertz CT molecular complexity index is 904. The molecule has 1 amide bonds. The van der Waals surface area contributed by atoms with Crippen LogP contribution in [0.1, 0.15) is 36.4 Å². The molecule has 1 heterocycles. The van der Waals surface area contributed by atoms with Crippen molar-refractivity contribution in [2.24, 2.45) is 5.92 Å². The number of amides is 1. The van der Waals surface area contributed by atoms with Gasteiger partial charge in [-0.2, -0.15) is 0 Å². The molecule has 1 aliphatic carbocycles. The fraction of sp³-hybridized carbons (Fsp3) is 0.300. The molecular formula is C20H21N3O2. The van der Waals surface area contributed by atoms with Crippen molar-refractivity contribution >= 4 is 16.9 Å². The van der Waals surface area contributed by atoms with Gasteiger partial charge < -0.3 is 4.57 Å². The van der Waals surface area contributed by atoms with E-state index in [4.69, 9.17) is 5.21 Å². The highest BCUT2D eigenvalue weighted by Gasteiger charge is 2.44. The quantitative estimate of drug-likeness (QED) is 0.554. The summed E-state index contributed by atoms with van der Waals surface area (Å²) < 4.78 is 2.21. The lowest BCUT2D eigenvalue weighted by Gasteiger charge is -2.14. The minimum atomic E-state index is -0.299. The molecule has 3 atom stereocenters. The predicted octanol–water partition coefficient (Wildman–Crippen LogP) is 3.45. The highest BCUT2D eigenvalue weighted by atomic mass is 16.5. The van der Waals surface area contributed by atoms with Crippen LogP contribution in [0.25, 0.3) is 11.0 Å². The van der Waals surface area contributed by atoms with Gasteiger partial charge in [0.2, 0.25) is 5.91 Å². The maximum Gasteiger partial charge on any atom is 0.247 e. The van der Waals surface area contributed by atoms with Crippen LogP contribution >= 0.6 is 0 Å². The van der Waals surface area contributed by atoms with Crippen molar-refractivity contribution in [2.75, 3.05) is 0 Å². The summed E-state index contributed by atoms with van der Waals surface area (Å²) in [5.41, 5.74) is 6.23. The smallest absolute Gasteiger partial charge is 0.247 e. The zero-order valence-electron chi connectivity index (χ0n) is 14.1. The van der Waals surface area contributed by atoms with Crippen LogP contribution in [0.2, 0.25) is 0 Å². The molecule has 2 N–H and O–H groups in total. The average molecular weight is 335 g/mol. The summed E-state index contributed by atoms with van der Waals surface area (Å²) in [4.78, 5) is 16.1. The van der Waals surface area contributed by atoms with Crippen LogP contribution < -0.4 is 5.48 Å². The number of benzene rings is 2. The van der Waals surface area contributed by atoms with E-state index in [1.54, 1.807) is 5.48 Å². The van der Waals surface area contributed by atoms with Crippen LogP contribution in [0.4, 0.5) is 0 Å². The third-order valence-corrected chi connectivity index (χ3v) is 5.11. The number of nitrogens with zero attached hydrogens (tertiary/aromatic N) is 2. The highest BCUT2D eigenvalue weighted by Crippen LogP contribution is 2.48. The number of hydrogen-bond acceptors (Lipinski definition) is 3. The Balaban J connectivity index is 1.55. The predicted molar refractivity (Wildman–Crippen MR) is 95.4 cm³/mol. The molecule has 5 heteroatoms. The summed E-state index contributed by atoms with van der Waals surface area (Å²) in [7, 11) is 0. The van der Waals surface area contributed by atoms with Crippen LogP contribution in [0.3, 0.4) is 0 Å². The first-order valence-corrected chi connectivity index (χ1v) is 8.61. The van der Waals surface area contributed by atoms with Gasteiger partial charge in [-0.25, -0.2) is 10.5 Å². The fourth-order valence-electron chi connectivity index (χ4n) is 3.62. The van der Waals surface area contributed by atoms with Gasteiger partial charge in [-0.1, -0.05) is 36.4 Å². The first-order chi connectivity index (χ1) is 12.2. The summed E-state index contributed by atoms with van der Waals surface area (Å²) in [5.74, 6) is -0.239. The largest absolute Gasteiger partial charge is 0.327 e. The number of imidazole rings is 1. The van der Waals surface area contributed by atoms with E-state index in [9.17, 15) is 4.79 Å². The number of carbonyl (C=O) groups is 1. The van der Waals surface area contributed by atoms with Crippen molar-refractivity contribution in [1.82, 2.24) is 15.0 Å². The Labute approximate surface area is 146 Å². The Morgan fingerprint density at radius 2 is 2.12 bits per heavy atom. The van der Waals surface area contributed by atoms with Gasteiger partial charge in [-0.15, -0.1) is 0 Å². The SMILES string of the molecule is CC(Cc1ccccc1)n1cnc2cc(C3CC3C(=O)NO)ccc21. The first kappa shape index (κ1) is 15.8. The summed E-state index contributed by atoms with van der Waals surface area (Å²) in [6.45, 7) is 2.20. The molecule has 4 rings (SSSR count). The molecule has 0 aliphatic heterocycles. The van der Waals surface area contributed by atoms with E-state index in [2.05, 4.69) is 58.9 Å². The number of carbonyl (C=O) groups excluding carboxylic acids is 1. The number of fused-ring (bicyclic) bond motifs is 1. The van der Waals surface area contributed by atoms with Crippen molar-refractivity contribution in [2.45, 2.75) is 31.7 Å². The molecule has 128 valence electrons. The van der Waals surface area contributed by atoms with Gasteiger partial charge in [0, 0.05) is 12.0 Å². The lowest BCUT2D eigenvalue weighted by atomic mass is 10.1. The molecule has 0 spiro atoms. The molecule has 1 aliphatic rings. The topological polar surface area (TPSA) is 67.2 Å². The third kappa shape index (κ3) is 3.03. The van der Waals surface area contributed by atoms with E-state index in [1.807, 2.05) is 12.4 Å². The van der Waals surface area contributed by atoms with E-state index in [0.717, 1.165) is 29.4 Å². The number of aromatic nitrogens is 2. The molecule has 1 aromatic heterocycles. The molecule has 0 bridgehead atoms. The second-order valence-corrected chi connectivity index (χ2v) is 6.86. The summed E-state index contributed by atoms with van der Waals surface area (Å²) in [5, 5.41) is 8.75. The molecule has 25 heavy (non-hydrogen) atoms. The van der Waals surface area contributed by atoms with E-state index < -0.39 is 0 Å². The third-order valence-electron chi connectivity index (χ3n) is 5.11. The molecule has 2 aromatic carbocycles. The minimum Gasteiger partial charge on any atom is -0.327 e.